The summed E-state index contributed by atoms with van der Waals surface area (Å²) in [5, 5.41) is 61.9. The quantitative estimate of drug-likeness (QED) is 0.174. The van der Waals surface area contributed by atoms with Gasteiger partial charge in [0.1, 0.15) is 48.8 Å². The zero-order chi connectivity index (χ0) is 24.8. The standard InChI is InChI=1S/C20H39N3O10/c1-5-4-8(22)17(32-19-9(23)11(26)12(27)16(31-19)7(3)24)18(10(5)25)33-20-14(29)13(28)15(30-20)6(2)21/h5-20,24-29H,4,21-23H2,1-3H3/t5-,6+,7-,8?,9?,10?,11?,12+,13?,14?,15-,16?,17-,18?,19-,20+/m1/s1. The van der Waals surface area contributed by atoms with Crippen molar-refractivity contribution >= 4 is 0 Å². The zero-order valence-electron chi connectivity index (χ0n) is 19.0. The van der Waals surface area contributed by atoms with Crippen molar-refractivity contribution in [2.75, 3.05) is 0 Å². The van der Waals surface area contributed by atoms with Gasteiger partial charge in [0.15, 0.2) is 12.6 Å². The molecule has 1 saturated carbocycles. The summed E-state index contributed by atoms with van der Waals surface area (Å²) in [6, 6.07) is -2.44. The minimum Gasteiger partial charge on any atom is -0.391 e. The molecule has 0 amide bonds. The van der Waals surface area contributed by atoms with E-state index in [1.165, 1.54) is 6.92 Å². The number of rotatable bonds is 6. The number of hydrogen-bond donors (Lipinski definition) is 9. The minimum atomic E-state index is -1.45. The number of aliphatic hydroxyl groups excluding tert-OH is 6. The Morgan fingerprint density at radius 2 is 1.33 bits per heavy atom. The van der Waals surface area contributed by atoms with Crippen LogP contribution >= 0.6 is 0 Å². The lowest BCUT2D eigenvalue weighted by atomic mass is 9.80. The first kappa shape index (κ1) is 27.1. The Hall–Kier alpha value is -0.520. The van der Waals surface area contributed by atoms with Gasteiger partial charge in [-0.15, -0.1) is 0 Å². The van der Waals surface area contributed by atoms with Crippen molar-refractivity contribution in [3.05, 3.63) is 0 Å². The fourth-order valence-electron chi connectivity index (χ4n) is 4.76. The van der Waals surface area contributed by atoms with Crippen LogP contribution in [-0.2, 0) is 18.9 Å². The van der Waals surface area contributed by atoms with Gasteiger partial charge in [0.2, 0.25) is 0 Å². The predicted molar refractivity (Wildman–Crippen MR) is 112 cm³/mol. The van der Waals surface area contributed by atoms with Crippen molar-refractivity contribution in [3.63, 3.8) is 0 Å². The van der Waals surface area contributed by atoms with Crippen LogP contribution < -0.4 is 17.2 Å². The molecule has 8 unspecified atom stereocenters. The van der Waals surface area contributed by atoms with Crippen molar-refractivity contribution in [1.29, 1.82) is 0 Å². The molecule has 3 aliphatic rings. The highest BCUT2D eigenvalue weighted by molar-refractivity contribution is 5.00. The summed E-state index contributed by atoms with van der Waals surface area (Å²) in [6.07, 6.45) is -14.2. The van der Waals surface area contributed by atoms with Crippen LogP contribution in [0.15, 0.2) is 0 Å². The van der Waals surface area contributed by atoms with Gasteiger partial charge in [-0.1, -0.05) is 6.92 Å². The summed E-state index contributed by atoms with van der Waals surface area (Å²) in [5.41, 5.74) is 18.1. The average Bonchev–Trinajstić information content (AvgIpc) is 3.02. The molecule has 0 radical (unpaired) electrons. The Kier molecular flexibility index (Phi) is 8.71. The highest BCUT2D eigenvalue weighted by atomic mass is 16.7. The molecule has 16 atom stereocenters. The zero-order valence-corrected chi connectivity index (χ0v) is 19.0. The van der Waals surface area contributed by atoms with E-state index in [1.54, 1.807) is 13.8 Å². The third kappa shape index (κ3) is 5.35. The lowest BCUT2D eigenvalue weighted by molar-refractivity contribution is -0.317. The lowest BCUT2D eigenvalue weighted by Gasteiger charge is -2.47. The maximum absolute atomic E-state index is 10.9. The summed E-state index contributed by atoms with van der Waals surface area (Å²) in [6.45, 7) is 4.77. The van der Waals surface area contributed by atoms with E-state index in [9.17, 15) is 30.6 Å². The summed E-state index contributed by atoms with van der Waals surface area (Å²) in [5.74, 6) is -0.295. The molecule has 1 aliphatic carbocycles. The first-order valence-corrected chi connectivity index (χ1v) is 11.3. The fraction of sp³-hybridized carbons (Fsp3) is 1.00. The number of nitrogens with two attached hydrogens (primary N) is 3. The van der Waals surface area contributed by atoms with Gasteiger partial charge in [0.05, 0.1) is 18.2 Å². The van der Waals surface area contributed by atoms with E-state index in [2.05, 4.69) is 0 Å². The molecule has 13 nitrogen and oxygen atoms in total. The van der Waals surface area contributed by atoms with Crippen molar-refractivity contribution in [2.45, 2.75) is 119 Å². The van der Waals surface area contributed by atoms with E-state index in [-0.39, 0.29) is 5.92 Å². The third-order valence-electron chi connectivity index (χ3n) is 6.83. The van der Waals surface area contributed by atoms with E-state index in [4.69, 9.17) is 36.1 Å². The molecule has 12 N–H and O–H groups in total. The van der Waals surface area contributed by atoms with Gasteiger partial charge >= 0.3 is 0 Å². The summed E-state index contributed by atoms with van der Waals surface area (Å²) in [4.78, 5) is 0. The average molecular weight is 482 g/mol. The fourth-order valence-corrected chi connectivity index (χ4v) is 4.76. The predicted octanol–water partition coefficient (Wildman–Crippen LogP) is -4.57. The second-order valence-electron chi connectivity index (χ2n) is 9.65. The molecule has 33 heavy (non-hydrogen) atoms. The van der Waals surface area contributed by atoms with Gasteiger partial charge in [-0.2, -0.15) is 0 Å². The van der Waals surface area contributed by atoms with Crippen LogP contribution in [0.2, 0.25) is 0 Å². The molecule has 2 heterocycles. The third-order valence-corrected chi connectivity index (χ3v) is 6.83. The molecule has 3 fully saturated rings. The van der Waals surface area contributed by atoms with Crippen LogP contribution in [0.4, 0.5) is 0 Å². The molecule has 0 aromatic carbocycles. The highest BCUT2D eigenvalue weighted by Crippen LogP contribution is 2.35. The molecule has 3 rings (SSSR count). The second-order valence-corrected chi connectivity index (χ2v) is 9.65. The SMILES string of the molecule is C[C@@H]1CC(N)[C@@H](O[C@H]2OC([C@@H](C)O)[C@@H](O)C(O)C2N)C(O[C@@H]2O[C@H]([C@H](C)N)C(O)C2O)C1O. The van der Waals surface area contributed by atoms with E-state index in [1.807, 2.05) is 0 Å². The van der Waals surface area contributed by atoms with Crippen molar-refractivity contribution in [3.8, 4) is 0 Å². The van der Waals surface area contributed by atoms with Gasteiger partial charge in [-0.25, -0.2) is 0 Å². The number of aliphatic hydroxyl groups is 6. The summed E-state index contributed by atoms with van der Waals surface area (Å²) >= 11 is 0. The summed E-state index contributed by atoms with van der Waals surface area (Å²) in [7, 11) is 0. The maximum atomic E-state index is 10.9. The minimum absolute atomic E-state index is 0.295. The molecule has 194 valence electrons. The Labute approximate surface area is 192 Å². The van der Waals surface area contributed by atoms with Crippen LogP contribution in [0.5, 0.6) is 0 Å². The second kappa shape index (κ2) is 10.6. The Balaban J connectivity index is 1.80. The Morgan fingerprint density at radius 1 is 0.788 bits per heavy atom. The van der Waals surface area contributed by atoms with Gasteiger partial charge in [-0.3, -0.25) is 0 Å². The van der Waals surface area contributed by atoms with Gasteiger partial charge in [-0.05, 0) is 26.2 Å². The van der Waals surface area contributed by atoms with Crippen LogP contribution in [0, 0.1) is 5.92 Å². The van der Waals surface area contributed by atoms with Gasteiger partial charge < -0.3 is 66.8 Å². The van der Waals surface area contributed by atoms with Crippen molar-refractivity contribution in [2.24, 2.45) is 23.1 Å². The molecular weight excluding hydrogens is 442 g/mol. The molecule has 0 aromatic rings. The molecule has 2 aliphatic heterocycles. The van der Waals surface area contributed by atoms with E-state index >= 15 is 0 Å². The molecule has 2 saturated heterocycles. The molecule has 0 spiro atoms. The summed E-state index contributed by atoms with van der Waals surface area (Å²) < 4.78 is 23.1. The largest absolute Gasteiger partial charge is 0.391 e. The number of hydrogen-bond acceptors (Lipinski definition) is 13. The van der Waals surface area contributed by atoms with Crippen molar-refractivity contribution < 1.29 is 49.6 Å². The maximum Gasteiger partial charge on any atom is 0.187 e. The number of ether oxygens (including phenoxy) is 4. The normalized spacial score (nSPS) is 53.1. The molecule has 13 heteroatoms. The molecule has 0 bridgehead atoms. The molecular formula is C20H39N3O10. The van der Waals surface area contributed by atoms with Crippen molar-refractivity contribution in [1.82, 2.24) is 0 Å². The first-order chi connectivity index (χ1) is 15.3. The van der Waals surface area contributed by atoms with E-state index in [0.29, 0.717) is 6.42 Å². The molecule has 0 aromatic heterocycles. The Morgan fingerprint density at radius 3 is 1.88 bits per heavy atom. The van der Waals surface area contributed by atoms with Crippen LogP contribution in [0.1, 0.15) is 27.2 Å². The Bertz CT molecular complexity index is 645. The smallest absolute Gasteiger partial charge is 0.187 e. The monoisotopic (exact) mass is 481 g/mol. The topological polar surface area (TPSA) is 236 Å². The van der Waals surface area contributed by atoms with Crippen LogP contribution in [-0.4, -0.2) is 122 Å². The van der Waals surface area contributed by atoms with E-state index in [0.717, 1.165) is 0 Å². The van der Waals surface area contributed by atoms with Gasteiger partial charge in [0.25, 0.3) is 0 Å². The first-order valence-electron chi connectivity index (χ1n) is 11.3. The van der Waals surface area contributed by atoms with Gasteiger partial charge in [0, 0.05) is 12.1 Å². The van der Waals surface area contributed by atoms with E-state index < -0.39 is 91.7 Å². The highest BCUT2D eigenvalue weighted by Gasteiger charge is 2.52. The lowest BCUT2D eigenvalue weighted by Crippen LogP contribution is -2.67. The van der Waals surface area contributed by atoms with Crippen LogP contribution in [0.25, 0.3) is 0 Å². The van der Waals surface area contributed by atoms with Crippen LogP contribution in [0.3, 0.4) is 0 Å².